The van der Waals surface area contributed by atoms with Crippen molar-refractivity contribution < 1.29 is 13.3 Å². The third kappa shape index (κ3) is 2.80. The van der Waals surface area contributed by atoms with Gasteiger partial charge in [-0.15, -0.1) is 0 Å². The predicted molar refractivity (Wildman–Crippen MR) is 73.3 cm³/mol. The van der Waals surface area contributed by atoms with Crippen molar-refractivity contribution in [3.8, 4) is 0 Å². The van der Waals surface area contributed by atoms with E-state index in [4.69, 9.17) is 0 Å². The van der Waals surface area contributed by atoms with Crippen LogP contribution in [0, 0.1) is 16.0 Å². The second-order valence-electron chi connectivity index (χ2n) is 4.63. The Labute approximate surface area is 119 Å². The van der Waals surface area contributed by atoms with E-state index in [-0.39, 0.29) is 16.5 Å². The second kappa shape index (κ2) is 5.18. The predicted octanol–water partition coefficient (Wildman–Crippen LogP) is 2.39. The van der Waals surface area contributed by atoms with Crippen LogP contribution in [0.15, 0.2) is 27.6 Å². The van der Waals surface area contributed by atoms with Gasteiger partial charge in [0.2, 0.25) is 10.0 Å². The molecule has 1 aliphatic heterocycles. The minimum absolute atomic E-state index is 0.249. The zero-order chi connectivity index (χ0) is 14.2. The molecule has 19 heavy (non-hydrogen) atoms. The van der Waals surface area contributed by atoms with Crippen LogP contribution in [-0.4, -0.2) is 30.7 Å². The summed E-state index contributed by atoms with van der Waals surface area (Å²) in [4.78, 5) is 10.0. The van der Waals surface area contributed by atoms with E-state index in [1.807, 2.05) is 6.92 Å². The average Bonchev–Trinajstić information content (AvgIpc) is 2.76. The van der Waals surface area contributed by atoms with Crippen molar-refractivity contribution in [2.75, 3.05) is 13.1 Å². The lowest BCUT2D eigenvalue weighted by molar-refractivity contribution is -0.387. The number of halogens is 1. The Morgan fingerprint density at radius 1 is 1.47 bits per heavy atom. The number of hydrogen-bond acceptors (Lipinski definition) is 4. The highest BCUT2D eigenvalue weighted by atomic mass is 79.9. The van der Waals surface area contributed by atoms with Crippen molar-refractivity contribution in [1.29, 1.82) is 0 Å². The fourth-order valence-corrected chi connectivity index (χ4v) is 4.37. The van der Waals surface area contributed by atoms with Crippen molar-refractivity contribution in [2.45, 2.75) is 18.2 Å². The molecule has 1 aromatic carbocycles. The van der Waals surface area contributed by atoms with Gasteiger partial charge in [0.1, 0.15) is 0 Å². The number of rotatable bonds is 3. The third-order valence-electron chi connectivity index (χ3n) is 3.12. The van der Waals surface area contributed by atoms with Crippen LogP contribution < -0.4 is 0 Å². The molecule has 2 rings (SSSR count). The highest BCUT2D eigenvalue weighted by Gasteiger charge is 2.35. The maximum Gasteiger partial charge on any atom is 0.289 e. The van der Waals surface area contributed by atoms with E-state index in [9.17, 15) is 18.5 Å². The van der Waals surface area contributed by atoms with E-state index < -0.39 is 14.9 Å². The lowest BCUT2D eigenvalue weighted by Gasteiger charge is -2.16. The lowest BCUT2D eigenvalue weighted by atomic mass is 10.2. The third-order valence-corrected chi connectivity index (χ3v) is 5.51. The molecule has 6 nitrogen and oxygen atoms in total. The highest BCUT2D eigenvalue weighted by molar-refractivity contribution is 9.10. The molecule has 1 unspecified atom stereocenters. The van der Waals surface area contributed by atoms with Gasteiger partial charge < -0.3 is 0 Å². The minimum atomic E-state index is -3.81. The number of nitro benzene ring substituents is 1. The Morgan fingerprint density at radius 2 is 2.16 bits per heavy atom. The van der Waals surface area contributed by atoms with Crippen LogP contribution in [0.4, 0.5) is 5.69 Å². The van der Waals surface area contributed by atoms with Gasteiger partial charge in [0.05, 0.1) is 4.92 Å². The van der Waals surface area contributed by atoms with Crippen LogP contribution >= 0.6 is 15.9 Å². The summed E-state index contributed by atoms with van der Waals surface area (Å²) in [7, 11) is -3.81. The summed E-state index contributed by atoms with van der Waals surface area (Å²) in [5.74, 6) is 0.279. The van der Waals surface area contributed by atoms with E-state index in [1.165, 1.54) is 22.5 Å². The molecule has 0 radical (unpaired) electrons. The van der Waals surface area contributed by atoms with E-state index in [0.29, 0.717) is 17.6 Å². The van der Waals surface area contributed by atoms with Crippen LogP contribution in [0.3, 0.4) is 0 Å². The van der Waals surface area contributed by atoms with Crippen LogP contribution in [0.1, 0.15) is 13.3 Å². The lowest BCUT2D eigenvalue weighted by Crippen LogP contribution is -2.29. The van der Waals surface area contributed by atoms with Crippen LogP contribution in [-0.2, 0) is 10.0 Å². The van der Waals surface area contributed by atoms with Gasteiger partial charge in [-0.3, -0.25) is 10.1 Å². The van der Waals surface area contributed by atoms with Crippen LogP contribution in [0.2, 0.25) is 0 Å². The number of benzene rings is 1. The van der Waals surface area contributed by atoms with Gasteiger partial charge in [-0.1, -0.05) is 22.9 Å². The first-order chi connectivity index (χ1) is 8.82. The van der Waals surface area contributed by atoms with E-state index >= 15 is 0 Å². The minimum Gasteiger partial charge on any atom is -0.258 e. The molecule has 1 saturated heterocycles. The van der Waals surface area contributed by atoms with Crippen molar-refractivity contribution >= 4 is 31.6 Å². The fraction of sp³-hybridized carbons (Fsp3) is 0.455. The number of nitrogens with zero attached hydrogens (tertiary/aromatic N) is 2. The maximum absolute atomic E-state index is 12.5. The number of nitro groups is 1. The highest BCUT2D eigenvalue weighted by Crippen LogP contribution is 2.32. The number of sulfonamides is 1. The molecule has 1 atom stereocenters. The molecule has 0 aliphatic carbocycles. The van der Waals surface area contributed by atoms with Gasteiger partial charge in [0, 0.05) is 23.6 Å². The van der Waals surface area contributed by atoms with E-state index in [1.54, 1.807) is 0 Å². The average molecular weight is 349 g/mol. The first-order valence-electron chi connectivity index (χ1n) is 5.76. The molecule has 1 heterocycles. The molecule has 1 aliphatic rings. The SMILES string of the molecule is CC1CCN(S(=O)(=O)c2cc(Br)ccc2[N+](=O)[O-])C1. The number of hydrogen-bond donors (Lipinski definition) is 0. The van der Waals surface area contributed by atoms with Crippen LogP contribution in [0.25, 0.3) is 0 Å². The standard InChI is InChI=1S/C11H13BrN2O4S/c1-8-4-5-13(7-8)19(17,18)11-6-9(12)2-3-10(11)14(15)16/h2-3,6,8H,4-5,7H2,1H3. The fourth-order valence-electron chi connectivity index (χ4n) is 2.10. The molecule has 8 heteroatoms. The van der Waals surface area contributed by atoms with Gasteiger partial charge in [-0.05, 0) is 24.5 Å². The summed E-state index contributed by atoms with van der Waals surface area (Å²) >= 11 is 3.15. The molecule has 0 N–H and O–H groups in total. The van der Waals surface area contributed by atoms with Crippen molar-refractivity contribution in [2.24, 2.45) is 5.92 Å². The Hall–Kier alpha value is -0.990. The zero-order valence-corrected chi connectivity index (χ0v) is 12.6. The molecular formula is C11H13BrN2O4S. The zero-order valence-electron chi connectivity index (χ0n) is 10.2. The molecule has 1 aromatic rings. The van der Waals surface area contributed by atoms with Crippen molar-refractivity contribution in [3.05, 3.63) is 32.8 Å². The summed E-state index contributed by atoms with van der Waals surface area (Å²) in [6, 6.07) is 3.96. The van der Waals surface area contributed by atoms with Crippen molar-refractivity contribution in [3.63, 3.8) is 0 Å². The van der Waals surface area contributed by atoms with Gasteiger partial charge in [-0.2, -0.15) is 4.31 Å². The Balaban J connectivity index is 2.51. The quantitative estimate of drug-likeness (QED) is 0.620. The van der Waals surface area contributed by atoms with Gasteiger partial charge in [-0.25, -0.2) is 8.42 Å². The largest absolute Gasteiger partial charge is 0.289 e. The van der Waals surface area contributed by atoms with Crippen LogP contribution in [0.5, 0.6) is 0 Å². The summed E-state index contributed by atoms with van der Waals surface area (Å²) in [5.41, 5.74) is -0.386. The van der Waals surface area contributed by atoms with Crippen molar-refractivity contribution in [1.82, 2.24) is 4.31 Å². The molecule has 0 aromatic heterocycles. The van der Waals surface area contributed by atoms with E-state index in [0.717, 1.165) is 6.42 Å². The summed E-state index contributed by atoms with van der Waals surface area (Å²) < 4.78 is 26.7. The molecule has 104 valence electrons. The first kappa shape index (κ1) is 14.4. The molecule has 0 spiro atoms. The topological polar surface area (TPSA) is 80.5 Å². The Kier molecular flexibility index (Phi) is 3.93. The summed E-state index contributed by atoms with van der Waals surface area (Å²) in [6.07, 6.45) is 0.779. The van der Waals surface area contributed by atoms with Gasteiger partial charge in [0.15, 0.2) is 4.90 Å². The first-order valence-corrected chi connectivity index (χ1v) is 8.00. The second-order valence-corrected chi connectivity index (χ2v) is 7.45. The van der Waals surface area contributed by atoms with E-state index in [2.05, 4.69) is 15.9 Å². The van der Waals surface area contributed by atoms with Gasteiger partial charge in [0.25, 0.3) is 5.69 Å². The maximum atomic E-state index is 12.5. The molecule has 0 amide bonds. The summed E-state index contributed by atoms with van der Waals surface area (Å²) in [6.45, 7) is 2.78. The monoisotopic (exact) mass is 348 g/mol. The smallest absolute Gasteiger partial charge is 0.258 e. The normalized spacial score (nSPS) is 20.6. The molecule has 1 fully saturated rings. The Bertz CT molecular complexity index is 617. The molecule has 0 bridgehead atoms. The molecular weight excluding hydrogens is 336 g/mol. The Morgan fingerprint density at radius 3 is 2.68 bits per heavy atom. The molecule has 0 saturated carbocycles. The van der Waals surface area contributed by atoms with Gasteiger partial charge >= 0.3 is 0 Å². The summed E-state index contributed by atoms with van der Waals surface area (Å²) in [5, 5.41) is 11.0.